The van der Waals surface area contributed by atoms with Gasteiger partial charge in [0.15, 0.2) is 0 Å². The molecule has 0 atom stereocenters. The first kappa shape index (κ1) is 26.4. The third-order valence-corrected chi connectivity index (χ3v) is 8.48. The second kappa shape index (κ2) is 15.9. The summed E-state index contributed by atoms with van der Waals surface area (Å²) in [5.74, 6) is 0. The molecule has 0 saturated heterocycles. The topological polar surface area (TPSA) is 43.0 Å². The SMILES string of the molecule is CCO[Si](CCCCN(CCCCNc1ccccc1)c1ccccc1)(OCC)OCC. The normalized spacial score (nSPS) is 11.5. The molecule has 0 heterocycles. The Morgan fingerprint density at radius 2 is 1.22 bits per heavy atom. The van der Waals surface area contributed by atoms with Crippen LogP contribution in [0.15, 0.2) is 60.7 Å². The molecule has 2 aromatic rings. The van der Waals surface area contributed by atoms with Crippen LogP contribution in [0.2, 0.25) is 6.04 Å². The van der Waals surface area contributed by atoms with E-state index in [1.807, 2.05) is 26.8 Å². The van der Waals surface area contributed by atoms with Crippen molar-refractivity contribution in [3.63, 3.8) is 0 Å². The Bertz CT molecular complexity index is 686. The molecule has 2 rings (SSSR count). The zero-order valence-corrected chi connectivity index (χ0v) is 21.2. The first-order valence-corrected chi connectivity index (χ1v) is 14.2. The minimum Gasteiger partial charge on any atom is -0.385 e. The third kappa shape index (κ3) is 9.73. The zero-order valence-electron chi connectivity index (χ0n) is 20.2. The largest absolute Gasteiger partial charge is 0.500 e. The maximum absolute atomic E-state index is 6.00. The monoisotopic (exact) mass is 458 g/mol. The Morgan fingerprint density at radius 1 is 0.688 bits per heavy atom. The highest BCUT2D eigenvalue weighted by atomic mass is 28.4. The summed E-state index contributed by atoms with van der Waals surface area (Å²) in [5.41, 5.74) is 2.49. The summed E-state index contributed by atoms with van der Waals surface area (Å²) in [7, 11) is -2.54. The minimum absolute atomic E-state index is 0.638. The van der Waals surface area contributed by atoms with Gasteiger partial charge in [-0.15, -0.1) is 0 Å². The van der Waals surface area contributed by atoms with Crippen LogP contribution in [0.5, 0.6) is 0 Å². The van der Waals surface area contributed by atoms with Crippen LogP contribution in [0.4, 0.5) is 11.4 Å². The molecular weight excluding hydrogens is 416 g/mol. The molecule has 178 valence electrons. The number of hydrogen-bond acceptors (Lipinski definition) is 5. The van der Waals surface area contributed by atoms with Crippen LogP contribution in [0.1, 0.15) is 46.5 Å². The lowest BCUT2D eigenvalue weighted by atomic mass is 10.2. The number of benzene rings is 2. The summed E-state index contributed by atoms with van der Waals surface area (Å²) in [6.45, 7) is 11.1. The van der Waals surface area contributed by atoms with Crippen LogP contribution in [0.25, 0.3) is 0 Å². The van der Waals surface area contributed by atoms with Crippen molar-refractivity contribution in [2.24, 2.45) is 0 Å². The van der Waals surface area contributed by atoms with E-state index in [1.165, 1.54) is 11.4 Å². The van der Waals surface area contributed by atoms with Crippen molar-refractivity contribution in [3.05, 3.63) is 60.7 Å². The molecule has 0 fully saturated rings. The molecule has 0 aliphatic rings. The van der Waals surface area contributed by atoms with E-state index in [2.05, 4.69) is 64.8 Å². The quantitative estimate of drug-likeness (QED) is 0.212. The number of hydrogen-bond donors (Lipinski definition) is 1. The van der Waals surface area contributed by atoms with Gasteiger partial charge in [-0.1, -0.05) is 36.4 Å². The van der Waals surface area contributed by atoms with Gasteiger partial charge in [-0.05, 0) is 70.7 Å². The standard InChI is InChI=1S/C26H42N2O3Si/c1-4-29-32(30-5-2,31-6-3)24-16-15-23-28(26-19-11-8-12-20-26)22-14-13-21-27-25-17-9-7-10-18-25/h7-12,17-20,27H,4-6,13-16,21-24H2,1-3H3. The van der Waals surface area contributed by atoms with Gasteiger partial charge in [0.25, 0.3) is 0 Å². The summed E-state index contributed by atoms with van der Waals surface area (Å²) < 4.78 is 18.0. The summed E-state index contributed by atoms with van der Waals surface area (Å²) in [4.78, 5) is 2.51. The van der Waals surface area contributed by atoms with E-state index in [4.69, 9.17) is 13.3 Å². The summed E-state index contributed by atoms with van der Waals surface area (Å²) in [6, 6.07) is 22.0. The van der Waals surface area contributed by atoms with Crippen molar-refractivity contribution in [3.8, 4) is 0 Å². The maximum atomic E-state index is 6.00. The molecular formula is C26H42N2O3Si. The molecule has 6 heteroatoms. The molecule has 0 spiro atoms. The van der Waals surface area contributed by atoms with Crippen molar-refractivity contribution in [1.29, 1.82) is 0 Å². The number of para-hydroxylation sites is 2. The minimum atomic E-state index is -2.54. The van der Waals surface area contributed by atoms with Crippen LogP contribution < -0.4 is 10.2 Å². The van der Waals surface area contributed by atoms with Gasteiger partial charge < -0.3 is 23.5 Å². The molecule has 1 N–H and O–H groups in total. The van der Waals surface area contributed by atoms with Gasteiger partial charge in [0, 0.05) is 56.9 Å². The number of nitrogens with one attached hydrogen (secondary N) is 1. The molecule has 2 aromatic carbocycles. The van der Waals surface area contributed by atoms with E-state index in [9.17, 15) is 0 Å². The molecule has 0 bridgehead atoms. The number of rotatable bonds is 18. The molecule has 0 amide bonds. The van der Waals surface area contributed by atoms with E-state index < -0.39 is 8.80 Å². The highest BCUT2D eigenvalue weighted by Crippen LogP contribution is 2.21. The summed E-state index contributed by atoms with van der Waals surface area (Å²) in [6.07, 6.45) is 4.45. The van der Waals surface area contributed by atoms with Crippen molar-refractivity contribution in [1.82, 2.24) is 0 Å². The third-order valence-electron chi connectivity index (χ3n) is 5.33. The van der Waals surface area contributed by atoms with Gasteiger partial charge in [0.1, 0.15) is 0 Å². The number of nitrogens with zero attached hydrogens (tertiary/aromatic N) is 1. The highest BCUT2D eigenvalue weighted by molar-refractivity contribution is 6.60. The fourth-order valence-electron chi connectivity index (χ4n) is 3.87. The van der Waals surface area contributed by atoms with E-state index >= 15 is 0 Å². The van der Waals surface area contributed by atoms with E-state index in [1.54, 1.807) is 0 Å². The lowest BCUT2D eigenvalue weighted by Gasteiger charge is -2.29. The van der Waals surface area contributed by atoms with Crippen molar-refractivity contribution < 1.29 is 13.3 Å². The molecule has 0 saturated carbocycles. The van der Waals surface area contributed by atoms with Gasteiger partial charge in [0.05, 0.1) is 0 Å². The molecule has 0 unspecified atom stereocenters. The van der Waals surface area contributed by atoms with E-state index in [0.29, 0.717) is 19.8 Å². The second-order valence-corrected chi connectivity index (χ2v) is 10.5. The fraction of sp³-hybridized carbons (Fsp3) is 0.538. The van der Waals surface area contributed by atoms with E-state index in [-0.39, 0.29) is 0 Å². The van der Waals surface area contributed by atoms with Gasteiger partial charge in [-0.25, -0.2) is 0 Å². The van der Waals surface area contributed by atoms with Gasteiger partial charge in [-0.3, -0.25) is 0 Å². The van der Waals surface area contributed by atoms with Crippen LogP contribution in [-0.2, 0) is 13.3 Å². The van der Waals surface area contributed by atoms with Crippen molar-refractivity contribution >= 4 is 20.2 Å². The average Bonchev–Trinajstić information content (AvgIpc) is 2.82. The maximum Gasteiger partial charge on any atom is 0.500 e. The van der Waals surface area contributed by atoms with Crippen LogP contribution in [-0.4, -0.2) is 48.3 Å². The van der Waals surface area contributed by atoms with Crippen LogP contribution >= 0.6 is 0 Å². The first-order valence-electron chi connectivity index (χ1n) is 12.2. The highest BCUT2D eigenvalue weighted by Gasteiger charge is 2.39. The summed E-state index contributed by atoms with van der Waals surface area (Å²) in [5, 5.41) is 3.51. The molecule has 0 aromatic heterocycles. The number of anilines is 2. The smallest absolute Gasteiger partial charge is 0.385 e. The van der Waals surface area contributed by atoms with Gasteiger partial charge >= 0.3 is 8.80 Å². The Balaban J connectivity index is 1.81. The lowest BCUT2D eigenvalue weighted by Crippen LogP contribution is -2.46. The van der Waals surface area contributed by atoms with Crippen LogP contribution in [0, 0.1) is 0 Å². The Hall–Kier alpha value is -1.86. The molecule has 0 aliphatic carbocycles. The van der Waals surface area contributed by atoms with Gasteiger partial charge in [-0.2, -0.15) is 0 Å². The average molecular weight is 459 g/mol. The second-order valence-electron chi connectivity index (χ2n) is 7.76. The lowest BCUT2D eigenvalue weighted by molar-refractivity contribution is 0.0707. The van der Waals surface area contributed by atoms with Crippen molar-refractivity contribution in [2.45, 2.75) is 52.5 Å². The fourth-order valence-corrected chi connectivity index (χ4v) is 6.56. The van der Waals surface area contributed by atoms with Crippen LogP contribution in [0.3, 0.4) is 0 Å². The summed E-state index contributed by atoms with van der Waals surface area (Å²) >= 11 is 0. The zero-order chi connectivity index (χ0) is 22.9. The van der Waals surface area contributed by atoms with Gasteiger partial charge in [0.2, 0.25) is 0 Å². The Morgan fingerprint density at radius 3 is 1.78 bits per heavy atom. The Kier molecular flexibility index (Phi) is 13.1. The molecule has 32 heavy (non-hydrogen) atoms. The van der Waals surface area contributed by atoms with Crippen molar-refractivity contribution in [2.75, 3.05) is 49.7 Å². The predicted octanol–water partition coefficient (Wildman–Crippen LogP) is 6.21. The number of unbranched alkanes of at least 4 members (excludes halogenated alkanes) is 2. The predicted molar refractivity (Wildman–Crippen MR) is 137 cm³/mol. The molecule has 0 radical (unpaired) electrons. The van der Waals surface area contributed by atoms with E-state index in [0.717, 1.165) is 51.4 Å². The Labute approximate surface area is 196 Å². The molecule has 0 aliphatic heterocycles. The first-order chi connectivity index (χ1) is 15.7. The molecule has 5 nitrogen and oxygen atoms in total.